The standard InChI is InChI=1S/C85H58N2O2/c1-82(2)65-34-20-17-31-59(65)78-80(82)79-76(77-62-33-19-22-36-72(62)89-81(77)78)60-40-38-56(47-67(60)83(79,3)4)87(55-43-45-86-46-44-55)57-37-39-58-63-49-70-64(50-69(63)85(68(58)48-57,53-27-13-7-14-28-53)54-29-15-8-16-30-54)74-66(41-42-73-75(74)61-32-18-21-35-71(61)88-73)84(70,51-23-9-5-10-24-51)52-25-11-6-12-26-52/h5-50H,1-4H3. The third-order valence-electron chi connectivity index (χ3n) is 21.0. The van der Waals surface area contributed by atoms with Crippen molar-refractivity contribution >= 4 is 60.9 Å². The highest BCUT2D eigenvalue weighted by Gasteiger charge is 2.53. The lowest BCUT2D eigenvalue weighted by atomic mass is 9.66. The van der Waals surface area contributed by atoms with Gasteiger partial charge in [0.2, 0.25) is 0 Å². The van der Waals surface area contributed by atoms with Gasteiger partial charge < -0.3 is 13.7 Å². The minimum atomic E-state index is -0.759. The van der Waals surface area contributed by atoms with Crippen molar-refractivity contribution in [2.75, 3.05) is 4.90 Å². The van der Waals surface area contributed by atoms with Gasteiger partial charge in [0.05, 0.1) is 10.8 Å². The zero-order valence-electron chi connectivity index (χ0n) is 49.8. The normalized spacial score (nSPS) is 15.3. The second-order valence-corrected chi connectivity index (χ2v) is 26.0. The monoisotopic (exact) mass is 1140 g/mol. The SMILES string of the molecule is CC1(C)c2ccccc2-c2c1c1c(c3c2oc2ccccc23)-c2ccc(N(c3ccncc3)c3ccc4c(c3)C(c3ccccc3)(c3ccccc3)c3cc5c(cc3-4)C(c3ccccc3)(c3ccccc3)c3ccc4oc6ccccc6c4c3-5)cc2C1(C)C. The van der Waals surface area contributed by atoms with Gasteiger partial charge in [-0.05, 0) is 172 Å². The number of fused-ring (bicyclic) bond motifs is 22. The van der Waals surface area contributed by atoms with Gasteiger partial charge in [0.1, 0.15) is 22.3 Å². The number of hydrogen-bond acceptors (Lipinski definition) is 4. The van der Waals surface area contributed by atoms with Gasteiger partial charge in [0.25, 0.3) is 0 Å². The first-order valence-electron chi connectivity index (χ1n) is 31.2. The fourth-order valence-corrected chi connectivity index (χ4v) is 17.5. The van der Waals surface area contributed by atoms with E-state index in [2.05, 4.69) is 304 Å². The maximum Gasteiger partial charge on any atom is 0.144 e. The number of benzene rings is 12. The summed E-state index contributed by atoms with van der Waals surface area (Å²) in [7, 11) is 0. The molecule has 0 amide bonds. The van der Waals surface area contributed by atoms with Crippen LogP contribution in [0.2, 0.25) is 0 Å². The highest BCUT2D eigenvalue weighted by atomic mass is 16.3. The Hall–Kier alpha value is -10.8. The maximum atomic E-state index is 7.07. The lowest BCUT2D eigenvalue weighted by Gasteiger charge is -2.36. The third-order valence-corrected chi connectivity index (χ3v) is 21.0. The second-order valence-electron chi connectivity index (χ2n) is 26.0. The molecule has 0 radical (unpaired) electrons. The molecule has 0 unspecified atom stereocenters. The van der Waals surface area contributed by atoms with Crippen molar-refractivity contribution in [2.45, 2.75) is 49.4 Å². The predicted molar refractivity (Wildman–Crippen MR) is 363 cm³/mol. The number of para-hydroxylation sites is 2. The van der Waals surface area contributed by atoms with Crippen molar-refractivity contribution in [2.24, 2.45) is 0 Å². The zero-order chi connectivity index (χ0) is 59.1. The Morgan fingerprint density at radius 2 is 0.775 bits per heavy atom. The average Bonchev–Trinajstić information content (AvgIpc) is 1.52. The van der Waals surface area contributed by atoms with E-state index < -0.39 is 16.2 Å². The van der Waals surface area contributed by atoms with E-state index in [1.165, 1.54) is 117 Å². The Morgan fingerprint density at radius 1 is 0.303 bits per heavy atom. The highest BCUT2D eigenvalue weighted by Crippen LogP contribution is 2.67. The molecule has 4 nitrogen and oxygen atoms in total. The number of furan rings is 2. The molecule has 15 aromatic rings. The molecule has 0 N–H and O–H groups in total. The summed E-state index contributed by atoms with van der Waals surface area (Å²) in [4.78, 5) is 7.08. The molecular weight excluding hydrogens is 1080 g/mol. The maximum absolute atomic E-state index is 7.07. The lowest BCUT2D eigenvalue weighted by molar-refractivity contribution is 0.600. The topological polar surface area (TPSA) is 42.4 Å². The van der Waals surface area contributed by atoms with E-state index in [1.54, 1.807) is 0 Å². The van der Waals surface area contributed by atoms with Gasteiger partial charge in [0.15, 0.2) is 0 Å². The number of anilines is 3. The van der Waals surface area contributed by atoms with E-state index in [1.807, 2.05) is 12.4 Å². The Bertz CT molecular complexity index is 5400. The van der Waals surface area contributed by atoms with Gasteiger partial charge in [-0.2, -0.15) is 0 Å². The zero-order valence-corrected chi connectivity index (χ0v) is 49.8. The van der Waals surface area contributed by atoms with Crippen LogP contribution in [0.5, 0.6) is 0 Å². The lowest BCUT2D eigenvalue weighted by Crippen LogP contribution is -2.30. The Kier molecular flexibility index (Phi) is 10.1. The molecule has 4 aliphatic rings. The first-order chi connectivity index (χ1) is 43.7. The molecular formula is C85H58N2O2. The van der Waals surface area contributed by atoms with E-state index in [4.69, 9.17) is 8.83 Å². The quantitative estimate of drug-likeness (QED) is 0.159. The third kappa shape index (κ3) is 6.40. The summed E-state index contributed by atoms with van der Waals surface area (Å²) >= 11 is 0. The fraction of sp³-hybridized carbons (Fsp3) is 0.0941. The predicted octanol–water partition coefficient (Wildman–Crippen LogP) is 21.7. The van der Waals surface area contributed by atoms with Gasteiger partial charge in [-0.1, -0.05) is 228 Å². The van der Waals surface area contributed by atoms with Gasteiger partial charge in [0, 0.05) is 67.4 Å². The molecule has 3 aromatic heterocycles. The van der Waals surface area contributed by atoms with E-state index >= 15 is 0 Å². The summed E-state index contributed by atoms with van der Waals surface area (Å²) in [6.45, 7) is 9.72. The summed E-state index contributed by atoms with van der Waals surface area (Å²) in [6.07, 6.45) is 3.85. The van der Waals surface area contributed by atoms with Crippen LogP contribution in [-0.4, -0.2) is 4.98 Å². The molecule has 4 heteroatoms. The number of rotatable bonds is 7. The number of aromatic nitrogens is 1. The van der Waals surface area contributed by atoms with E-state index in [0.29, 0.717) is 0 Å². The van der Waals surface area contributed by atoms with Gasteiger partial charge in [-0.3, -0.25) is 4.98 Å². The van der Waals surface area contributed by atoms with E-state index in [0.717, 1.165) is 55.6 Å². The van der Waals surface area contributed by atoms with Crippen LogP contribution in [0.15, 0.2) is 288 Å². The largest absolute Gasteiger partial charge is 0.456 e. The van der Waals surface area contributed by atoms with E-state index in [9.17, 15) is 0 Å². The molecule has 0 spiro atoms. The Labute approximate surface area is 516 Å². The van der Waals surface area contributed by atoms with Crippen LogP contribution < -0.4 is 4.90 Å². The van der Waals surface area contributed by atoms with Crippen LogP contribution in [0.4, 0.5) is 17.1 Å². The first-order valence-corrected chi connectivity index (χ1v) is 31.2. The van der Waals surface area contributed by atoms with Crippen LogP contribution in [0.1, 0.15) is 94.5 Å². The molecule has 12 aromatic carbocycles. The second kappa shape index (κ2) is 17.9. The average molecular weight is 1140 g/mol. The molecule has 0 aliphatic heterocycles. The summed E-state index contributed by atoms with van der Waals surface area (Å²) < 4.78 is 13.9. The van der Waals surface area contributed by atoms with Crippen molar-refractivity contribution in [3.63, 3.8) is 0 Å². The number of pyridine rings is 1. The van der Waals surface area contributed by atoms with Gasteiger partial charge >= 0.3 is 0 Å². The highest BCUT2D eigenvalue weighted by molar-refractivity contribution is 6.21. The molecule has 0 fully saturated rings. The fourth-order valence-electron chi connectivity index (χ4n) is 17.5. The molecule has 4 aliphatic carbocycles. The Morgan fingerprint density at radius 3 is 1.42 bits per heavy atom. The molecule has 19 rings (SSSR count). The van der Waals surface area contributed by atoms with Gasteiger partial charge in [-0.15, -0.1) is 0 Å². The minimum absolute atomic E-state index is 0.269. The first kappa shape index (κ1) is 50.4. The van der Waals surface area contributed by atoms with Crippen molar-refractivity contribution in [3.8, 4) is 44.5 Å². The number of nitrogens with zero attached hydrogens (tertiary/aromatic N) is 2. The van der Waals surface area contributed by atoms with Crippen LogP contribution in [0, 0.1) is 0 Å². The molecule has 0 bridgehead atoms. The molecule has 89 heavy (non-hydrogen) atoms. The van der Waals surface area contributed by atoms with Crippen molar-refractivity contribution < 1.29 is 8.83 Å². The number of hydrogen-bond donors (Lipinski definition) is 0. The van der Waals surface area contributed by atoms with Crippen LogP contribution in [0.3, 0.4) is 0 Å². The van der Waals surface area contributed by atoms with Gasteiger partial charge in [-0.25, -0.2) is 0 Å². The van der Waals surface area contributed by atoms with Crippen LogP contribution in [-0.2, 0) is 21.7 Å². The van der Waals surface area contributed by atoms with Crippen LogP contribution >= 0.6 is 0 Å². The van der Waals surface area contributed by atoms with E-state index in [-0.39, 0.29) is 5.41 Å². The molecule has 420 valence electrons. The van der Waals surface area contributed by atoms with Crippen molar-refractivity contribution in [1.29, 1.82) is 0 Å². The summed E-state index contributed by atoms with van der Waals surface area (Å²) in [5, 5.41) is 4.61. The molecule has 0 saturated carbocycles. The minimum Gasteiger partial charge on any atom is -0.456 e. The Balaban J connectivity index is 0.879. The molecule has 3 heterocycles. The smallest absolute Gasteiger partial charge is 0.144 e. The molecule has 0 saturated heterocycles. The molecule has 0 atom stereocenters. The van der Waals surface area contributed by atoms with Crippen molar-refractivity contribution in [1.82, 2.24) is 4.98 Å². The van der Waals surface area contributed by atoms with Crippen LogP contribution in [0.25, 0.3) is 88.4 Å². The summed E-state index contributed by atoms with van der Waals surface area (Å²) in [5.74, 6) is 0. The van der Waals surface area contributed by atoms with Crippen molar-refractivity contribution in [3.05, 3.63) is 346 Å². The summed E-state index contributed by atoms with van der Waals surface area (Å²) in [6, 6.07) is 99.7. The summed E-state index contributed by atoms with van der Waals surface area (Å²) in [5.41, 5.74) is 29.8.